The second-order valence-corrected chi connectivity index (χ2v) is 6.36. The molecule has 0 rings (SSSR count). The molecular weight excluding hydrogens is 244 g/mol. The number of hydrogen-bond acceptors (Lipinski definition) is 3. The number of nitrogens with zero attached hydrogens (tertiary/aromatic N) is 1. The molecule has 0 bridgehead atoms. The van der Waals surface area contributed by atoms with Crippen LogP contribution < -0.4 is 5.32 Å². The lowest BCUT2D eigenvalue weighted by Crippen LogP contribution is -2.50. The van der Waals surface area contributed by atoms with E-state index in [1.165, 1.54) is 6.92 Å². The molecule has 6 nitrogen and oxygen atoms in total. The van der Waals surface area contributed by atoms with Gasteiger partial charge in [-0.25, -0.2) is 4.99 Å². The van der Waals surface area contributed by atoms with Crippen molar-refractivity contribution in [1.82, 2.24) is 5.32 Å². The Morgan fingerprint density at radius 1 is 1.41 bits per heavy atom. The molecular formula is C10H20N2O4S. The van der Waals surface area contributed by atoms with Gasteiger partial charge in [0.1, 0.15) is 5.84 Å². The molecule has 17 heavy (non-hydrogen) atoms. The first kappa shape index (κ1) is 16.1. The molecule has 0 aromatic heterocycles. The SMILES string of the molecule is CC(=O)/N=C(/NC(C)(C)CS(=O)(=O)O)C(C)C. The molecule has 0 aromatic rings. The van der Waals surface area contributed by atoms with Gasteiger partial charge in [-0.3, -0.25) is 9.35 Å². The van der Waals surface area contributed by atoms with E-state index in [1.807, 2.05) is 13.8 Å². The van der Waals surface area contributed by atoms with Crippen LogP contribution in [0.2, 0.25) is 0 Å². The lowest BCUT2D eigenvalue weighted by molar-refractivity contribution is -0.115. The second-order valence-electron chi connectivity index (χ2n) is 4.91. The van der Waals surface area contributed by atoms with Crippen molar-refractivity contribution in [2.45, 2.75) is 40.2 Å². The molecule has 0 aliphatic rings. The van der Waals surface area contributed by atoms with Crippen molar-refractivity contribution in [3.05, 3.63) is 0 Å². The quantitative estimate of drug-likeness (QED) is 0.445. The molecule has 0 saturated carbocycles. The zero-order valence-electron chi connectivity index (χ0n) is 10.8. The first-order chi connectivity index (χ1) is 7.43. The third-order valence-corrected chi connectivity index (χ3v) is 2.92. The van der Waals surface area contributed by atoms with Crippen molar-refractivity contribution in [3.8, 4) is 0 Å². The number of rotatable bonds is 4. The van der Waals surface area contributed by atoms with Gasteiger partial charge in [0.05, 0.1) is 5.75 Å². The van der Waals surface area contributed by atoms with Crippen LogP contribution in [0.1, 0.15) is 34.6 Å². The van der Waals surface area contributed by atoms with E-state index in [4.69, 9.17) is 4.55 Å². The van der Waals surface area contributed by atoms with Crippen LogP contribution in [-0.2, 0) is 14.9 Å². The van der Waals surface area contributed by atoms with Crippen molar-refractivity contribution in [2.75, 3.05) is 5.75 Å². The van der Waals surface area contributed by atoms with E-state index in [0.717, 1.165) is 0 Å². The summed E-state index contributed by atoms with van der Waals surface area (Å²) in [5, 5.41) is 2.87. The molecule has 1 amide bonds. The molecule has 0 unspecified atom stereocenters. The summed E-state index contributed by atoms with van der Waals surface area (Å²) >= 11 is 0. The van der Waals surface area contributed by atoms with Crippen LogP contribution >= 0.6 is 0 Å². The van der Waals surface area contributed by atoms with Crippen molar-refractivity contribution in [1.29, 1.82) is 0 Å². The number of aliphatic imine (C=N–C) groups is 1. The number of carbonyl (C=O) groups is 1. The van der Waals surface area contributed by atoms with Gasteiger partial charge in [-0.1, -0.05) is 13.8 Å². The van der Waals surface area contributed by atoms with Crippen molar-refractivity contribution >= 4 is 21.9 Å². The topological polar surface area (TPSA) is 95.8 Å². The Kier molecular flexibility index (Phi) is 5.28. The van der Waals surface area contributed by atoms with E-state index < -0.39 is 21.4 Å². The van der Waals surface area contributed by atoms with Crippen LogP contribution in [0.5, 0.6) is 0 Å². The van der Waals surface area contributed by atoms with Crippen LogP contribution in [0.4, 0.5) is 0 Å². The maximum Gasteiger partial charge on any atom is 0.267 e. The molecule has 0 atom stereocenters. The van der Waals surface area contributed by atoms with Gasteiger partial charge < -0.3 is 5.32 Å². The normalized spacial score (nSPS) is 13.9. The van der Waals surface area contributed by atoms with E-state index in [-0.39, 0.29) is 11.8 Å². The Morgan fingerprint density at radius 3 is 2.18 bits per heavy atom. The Bertz CT molecular complexity index is 410. The van der Waals surface area contributed by atoms with Gasteiger partial charge in [-0.05, 0) is 13.8 Å². The zero-order chi connectivity index (χ0) is 13.9. The summed E-state index contributed by atoms with van der Waals surface area (Å²) in [6.45, 7) is 8.20. The fourth-order valence-corrected chi connectivity index (χ4v) is 2.29. The van der Waals surface area contributed by atoms with Gasteiger partial charge in [0.2, 0.25) is 5.91 Å². The lowest BCUT2D eigenvalue weighted by Gasteiger charge is -2.28. The average Bonchev–Trinajstić information content (AvgIpc) is 1.95. The predicted octanol–water partition coefficient (Wildman–Crippen LogP) is 0.843. The largest absolute Gasteiger partial charge is 0.367 e. The van der Waals surface area contributed by atoms with Crippen LogP contribution in [-0.4, -0.2) is 36.0 Å². The highest BCUT2D eigenvalue weighted by atomic mass is 32.2. The number of amidine groups is 1. The molecule has 0 fully saturated rings. The summed E-state index contributed by atoms with van der Waals surface area (Å²) in [5.41, 5.74) is -0.897. The summed E-state index contributed by atoms with van der Waals surface area (Å²) in [7, 11) is -4.08. The number of nitrogens with one attached hydrogen (secondary N) is 1. The van der Waals surface area contributed by atoms with Crippen molar-refractivity contribution < 1.29 is 17.8 Å². The minimum atomic E-state index is -4.08. The second kappa shape index (κ2) is 5.59. The number of hydrogen-bond donors (Lipinski definition) is 2. The monoisotopic (exact) mass is 264 g/mol. The van der Waals surface area contributed by atoms with Gasteiger partial charge in [-0.2, -0.15) is 8.42 Å². The van der Waals surface area contributed by atoms with Crippen molar-refractivity contribution in [3.63, 3.8) is 0 Å². The molecule has 0 aliphatic heterocycles. The Labute approximate surface area is 102 Å². The molecule has 0 saturated heterocycles. The van der Waals surface area contributed by atoms with E-state index in [0.29, 0.717) is 5.84 Å². The molecule has 100 valence electrons. The molecule has 0 spiro atoms. The predicted molar refractivity (Wildman–Crippen MR) is 66.6 cm³/mol. The van der Waals surface area contributed by atoms with Gasteiger partial charge >= 0.3 is 0 Å². The summed E-state index contributed by atoms with van der Waals surface area (Å²) in [6, 6.07) is 0. The van der Waals surface area contributed by atoms with Crippen molar-refractivity contribution in [2.24, 2.45) is 10.9 Å². The third kappa shape index (κ3) is 7.87. The first-order valence-corrected chi connectivity index (χ1v) is 6.86. The molecule has 0 aromatic carbocycles. The number of amides is 1. The summed E-state index contributed by atoms with van der Waals surface area (Å²) in [6.07, 6.45) is 0. The fourth-order valence-electron chi connectivity index (χ4n) is 1.31. The van der Waals surface area contributed by atoms with Gasteiger partial charge in [-0.15, -0.1) is 0 Å². The zero-order valence-corrected chi connectivity index (χ0v) is 11.6. The average molecular weight is 264 g/mol. The lowest BCUT2D eigenvalue weighted by atomic mass is 10.1. The Morgan fingerprint density at radius 2 is 1.88 bits per heavy atom. The first-order valence-electron chi connectivity index (χ1n) is 5.25. The summed E-state index contributed by atoms with van der Waals surface area (Å²) in [5.74, 6) is -0.446. The molecule has 2 N–H and O–H groups in total. The maximum absolute atomic E-state index is 10.9. The van der Waals surface area contributed by atoms with Crippen LogP contribution in [0.3, 0.4) is 0 Å². The smallest absolute Gasteiger partial charge is 0.267 e. The standard InChI is InChI=1S/C10H20N2O4S/c1-7(2)9(11-8(3)13)12-10(4,5)6-17(14,15)16/h7H,6H2,1-5H3,(H,11,12,13)(H,14,15,16). The Balaban J connectivity index is 4.94. The summed E-state index contributed by atoms with van der Waals surface area (Å²) in [4.78, 5) is 14.7. The minimum absolute atomic E-state index is 0.0421. The van der Waals surface area contributed by atoms with E-state index in [9.17, 15) is 13.2 Å². The van der Waals surface area contributed by atoms with Gasteiger partial charge in [0.15, 0.2) is 0 Å². The highest BCUT2D eigenvalue weighted by Gasteiger charge is 2.26. The minimum Gasteiger partial charge on any atom is -0.367 e. The highest BCUT2D eigenvalue weighted by Crippen LogP contribution is 2.08. The van der Waals surface area contributed by atoms with Crippen LogP contribution in [0.15, 0.2) is 4.99 Å². The maximum atomic E-state index is 10.9. The fraction of sp³-hybridized carbons (Fsp3) is 0.800. The van der Waals surface area contributed by atoms with E-state index in [2.05, 4.69) is 10.3 Å². The highest BCUT2D eigenvalue weighted by molar-refractivity contribution is 7.85. The van der Waals surface area contributed by atoms with Gasteiger partial charge in [0, 0.05) is 18.4 Å². The Hall–Kier alpha value is -0.950. The van der Waals surface area contributed by atoms with Crippen LogP contribution in [0.25, 0.3) is 0 Å². The molecule has 7 heteroatoms. The van der Waals surface area contributed by atoms with E-state index in [1.54, 1.807) is 13.8 Å². The molecule has 0 heterocycles. The van der Waals surface area contributed by atoms with Crippen LogP contribution in [0, 0.1) is 5.92 Å². The number of carbonyl (C=O) groups excluding carboxylic acids is 1. The molecule has 0 aliphatic carbocycles. The summed E-state index contributed by atoms with van der Waals surface area (Å²) < 4.78 is 30.5. The van der Waals surface area contributed by atoms with E-state index >= 15 is 0 Å². The third-order valence-electron chi connectivity index (χ3n) is 1.83. The van der Waals surface area contributed by atoms with Gasteiger partial charge in [0.25, 0.3) is 10.1 Å². The molecule has 0 radical (unpaired) electrons.